The molecule has 0 aliphatic carbocycles. The van der Waals surface area contributed by atoms with Gasteiger partial charge in [-0.2, -0.15) is 0 Å². The maximum Gasteiger partial charge on any atom is 0.247 e. The van der Waals surface area contributed by atoms with Crippen molar-refractivity contribution in [3.8, 4) is 0 Å². The maximum absolute atomic E-state index is 12.2. The van der Waals surface area contributed by atoms with Gasteiger partial charge in [-0.1, -0.05) is 6.92 Å². The second-order valence-corrected chi connectivity index (χ2v) is 5.20. The lowest BCUT2D eigenvalue weighted by molar-refractivity contribution is -0.141. The third-order valence-electron chi connectivity index (χ3n) is 3.81. The first-order valence-corrected chi connectivity index (χ1v) is 6.83. The summed E-state index contributed by atoms with van der Waals surface area (Å²) in [5.74, 6) is -0.122. The molecule has 2 rings (SSSR count). The number of likely N-dealkylation sites (tertiary alicyclic amines) is 1. The third kappa shape index (κ3) is 2.72. The molecular formula is C13H22N2O3. The van der Waals surface area contributed by atoms with Gasteiger partial charge in [0, 0.05) is 18.7 Å². The predicted octanol–water partition coefficient (Wildman–Crippen LogP) is 0.681. The van der Waals surface area contributed by atoms with Crippen molar-refractivity contribution in [2.24, 2.45) is 0 Å². The second kappa shape index (κ2) is 5.80. The molecule has 5 heteroatoms. The molecule has 2 heterocycles. The number of carbonyl (C=O) groups is 2. The summed E-state index contributed by atoms with van der Waals surface area (Å²) < 4.78 is 5.38. The maximum atomic E-state index is 12.2. The zero-order valence-electron chi connectivity index (χ0n) is 11.1. The average molecular weight is 254 g/mol. The molecule has 5 nitrogen and oxygen atoms in total. The summed E-state index contributed by atoms with van der Waals surface area (Å²) in [6.07, 6.45) is 3.12. The fourth-order valence-electron chi connectivity index (χ4n) is 2.58. The van der Waals surface area contributed by atoms with Crippen LogP contribution in [0.1, 0.15) is 39.5 Å². The van der Waals surface area contributed by atoms with Crippen LogP contribution in [0, 0.1) is 0 Å². The molecule has 2 saturated heterocycles. The van der Waals surface area contributed by atoms with Crippen LogP contribution in [-0.2, 0) is 14.3 Å². The molecule has 3 atom stereocenters. The number of hydrogen-bond acceptors (Lipinski definition) is 4. The van der Waals surface area contributed by atoms with Gasteiger partial charge in [-0.15, -0.1) is 0 Å². The molecule has 0 spiro atoms. The zero-order chi connectivity index (χ0) is 13.1. The van der Waals surface area contributed by atoms with Crippen molar-refractivity contribution in [3.05, 3.63) is 0 Å². The highest BCUT2D eigenvalue weighted by Crippen LogP contribution is 2.19. The Morgan fingerprint density at radius 2 is 2.28 bits per heavy atom. The summed E-state index contributed by atoms with van der Waals surface area (Å²) in [5.41, 5.74) is 0. The Kier molecular flexibility index (Phi) is 4.35. The van der Waals surface area contributed by atoms with Crippen LogP contribution in [0.15, 0.2) is 0 Å². The van der Waals surface area contributed by atoms with Crippen LogP contribution in [0.4, 0.5) is 0 Å². The van der Waals surface area contributed by atoms with Crippen molar-refractivity contribution in [1.82, 2.24) is 10.2 Å². The topological polar surface area (TPSA) is 58.6 Å². The lowest BCUT2D eigenvalue weighted by atomic mass is 10.1. The van der Waals surface area contributed by atoms with Crippen molar-refractivity contribution in [2.75, 3.05) is 13.2 Å². The van der Waals surface area contributed by atoms with E-state index in [4.69, 9.17) is 4.74 Å². The van der Waals surface area contributed by atoms with Crippen LogP contribution < -0.4 is 5.32 Å². The lowest BCUT2D eigenvalue weighted by Crippen LogP contribution is -2.48. The summed E-state index contributed by atoms with van der Waals surface area (Å²) in [6, 6.07) is -0.144. The van der Waals surface area contributed by atoms with Gasteiger partial charge in [-0.3, -0.25) is 14.5 Å². The van der Waals surface area contributed by atoms with E-state index in [1.54, 1.807) is 0 Å². The first-order valence-electron chi connectivity index (χ1n) is 6.83. The van der Waals surface area contributed by atoms with E-state index < -0.39 is 0 Å². The number of nitrogens with zero attached hydrogens (tertiary/aromatic N) is 1. The van der Waals surface area contributed by atoms with Crippen LogP contribution in [0.3, 0.4) is 0 Å². The molecule has 18 heavy (non-hydrogen) atoms. The van der Waals surface area contributed by atoms with Crippen molar-refractivity contribution in [2.45, 2.75) is 57.7 Å². The lowest BCUT2D eigenvalue weighted by Gasteiger charge is -2.26. The van der Waals surface area contributed by atoms with E-state index in [0.717, 1.165) is 25.9 Å². The van der Waals surface area contributed by atoms with Gasteiger partial charge in [0.2, 0.25) is 11.8 Å². The van der Waals surface area contributed by atoms with E-state index in [1.807, 2.05) is 13.8 Å². The zero-order valence-corrected chi connectivity index (χ0v) is 11.1. The largest absolute Gasteiger partial charge is 0.380 e. The third-order valence-corrected chi connectivity index (χ3v) is 3.81. The summed E-state index contributed by atoms with van der Waals surface area (Å²) in [4.78, 5) is 25.5. The van der Waals surface area contributed by atoms with Gasteiger partial charge in [-0.25, -0.2) is 0 Å². The number of amides is 2. The SMILES string of the molecule is CCC(C)N1C(=O)CC(NC2CCCOC2)C1=O. The molecule has 2 aliphatic rings. The highest BCUT2D eigenvalue weighted by molar-refractivity contribution is 6.05. The second-order valence-electron chi connectivity index (χ2n) is 5.20. The number of imide groups is 1. The molecule has 0 bridgehead atoms. The van der Waals surface area contributed by atoms with Crippen molar-refractivity contribution in [3.63, 3.8) is 0 Å². The minimum absolute atomic E-state index is 0.000550. The predicted molar refractivity (Wildman–Crippen MR) is 67.0 cm³/mol. The normalized spacial score (nSPS) is 30.9. The summed E-state index contributed by atoms with van der Waals surface area (Å²) in [7, 11) is 0. The van der Waals surface area contributed by atoms with Gasteiger partial charge in [0.25, 0.3) is 0 Å². The van der Waals surface area contributed by atoms with E-state index >= 15 is 0 Å². The van der Waals surface area contributed by atoms with E-state index in [-0.39, 0.29) is 29.9 Å². The Bertz CT molecular complexity index is 326. The molecule has 0 aromatic heterocycles. The van der Waals surface area contributed by atoms with Crippen molar-refractivity contribution < 1.29 is 14.3 Å². The van der Waals surface area contributed by atoms with Crippen LogP contribution in [-0.4, -0.2) is 48.1 Å². The van der Waals surface area contributed by atoms with Crippen molar-refractivity contribution in [1.29, 1.82) is 0 Å². The van der Waals surface area contributed by atoms with Crippen molar-refractivity contribution >= 4 is 11.8 Å². The Labute approximate surface area is 108 Å². The monoisotopic (exact) mass is 254 g/mol. The molecule has 0 saturated carbocycles. The quantitative estimate of drug-likeness (QED) is 0.750. The fraction of sp³-hybridized carbons (Fsp3) is 0.846. The molecule has 2 aliphatic heterocycles. The van der Waals surface area contributed by atoms with Crippen LogP contribution in [0.5, 0.6) is 0 Å². The molecule has 2 fully saturated rings. The van der Waals surface area contributed by atoms with Gasteiger partial charge in [0.1, 0.15) is 0 Å². The summed E-state index contributed by atoms with van der Waals surface area (Å²) in [5, 5.41) is 3.27. The van der Waals surface area contributed by atoms with Crippen LogP contribution >= 0.6 is 0 Å². The smallest absolute Gasteiger partial charge is 0.247 e. The average Bonchev–Trinajstić information content (AvgIpc) is 2.65. The Morgan fingerprint density at radius 3 is 2.89 bits per heavy atom. The highest BCUT2D eigenvalue weighted by atomic mass is 16.5. The van der Waals surface area contributed by atoms with E-state index in [1.165, 1.54) is 4.90 Å². The summed E-state index contributed by atoms with van der Waals surface area (Å²) in [6.45, 7) is 5.35. The number of carbonyl (C=O) groups excluding carboxylic acids is 2. The molecule has 102 valence electrons. The standard InChI is InChI=1S/C13H22N2O3/c1-3-9(2)15-12(16)7-11(13(15)17)14-10-5-4-6-18-8-10/h9-11,14H,3-8H2,1-2H3. The Morgan fingerprint density at radius 1 is 1.50 bits per heavy atom. The number of rotatable bonds is 4. The van der Waals surface area contributed by atoms with E-state index in [0.29, 0.717) is 13.0 Å². The molecule has 1 N–H and O–H groups in total. The minimum Gasteiger partial charge on any atom is -0.380 e. The molecule has 3 unspecified atom stereocenters. The molecule has 0 radical (unpaired) electrons. The Hall–Kier alpha value is -0.940. The highest BCUT2D eigenvalue weighted by Gasteiger charge is 2.41. The molecular weight excluding hydrogens is 232 g/mol. The fourth-order valence-corrected chi connectivity index (χ4v) is 2.58. The molecule has 2 amide bonds. The van der Waals surface area contributed by atoms with Gasteiger partial charge in [0.05, 0.1) is 19.1 Å². The van der Waals surface area contributed by atoms with Gasteiger partial charge >= 0.3 is 0 Å². The minimum atomic E-state index is -0.349. The first-order chi connectivity index (χ1) is 8.63. The first kappa shape index (κ1) is 13.5. The molecule has 0 aromatic rings. The van der Waals surface area contributed by atoms with Gasteiger partial charge in [0.15, 0.2) is 0 Å². The number of ether oxygens (including phenoxy) is 1. The number of nitrogens with one attached hydrogen (secondary N) is 1. The molecule has 0 aromatic carbocycles. The van der Waals surface area contributed by atoms with Crippen LogP contribution in [0.2, 0.25) is 0 Å². The van der Waals surface area contributed by atoms with Gasteiger partial charge in [-0.05, 0) is 26.2 Å². The number of hydrogen-bond donors (Lipinski definition) is 1. The van der Waals surface area contributed by atoms with Gasteiger partial charge < -0.3 is 10.1 Å². The summed E-state index contributed by atoms with van der Waals surface area (Å²) >= 11 is 0. The Balaban J connectivity index is 1.94. The van der Waals surface area contributed by atoms with E-state index in [2.05, 4.69) is 5.32 Å². The van der Waals surface area contributed by atoms with Crippen LogP contribution in [0.25, 0.3) is 0 Å². The van der Waals surface area contributed by atoms with E-state index in [9.17, 15) is 9.59 Å².